The van der Waals surface area contributed by atoms with E-state index < -0.39 is 0 Å². The molecular weight excluding hydrogens is 260 g/mol. The minimum Gasteiger partial charge on any atom is -0.396 e. The van der Waals surface area contributed by atoms with Crippen molar-refractivity contribution in [3.05, 3.63) is 0 Å². The Kier molecular flexibility index (Phi) is 5.98. The van der Waals surface area contributed by atoms with Crippen molar-refractivity contribution in [2.45, 2.75) is 44.2 Å². The predicted molar refractivity (Wildman–Crippen MR) is 79.3 cm³/mol. The van der Waals surface area contributed by atoms with Gasteiger partial charge in [0.15, 0.2) is 0 Å². The summed E-state index contributed by atoms with van der Waals surface area (Å²) in [5.41, 5.74) is 0. The minimum absolute atomic E-state index is 0.116. The summed E-state index contributed by atoms with van der Waals surface area (Å²) >= 11 is 1.97. The van der Waals surface area contributed by atoms with Crippen molar-refractivity contribution >= 4 is 17.7 Å². The fourth-order valence-electron chi connectivity index (χ4n) is 3.09. The second-order valence-electron chi connectivity index (χ2n) is 5.83. The zero-order chi connectivity index (χ0) is 13.7. The Labute approximate surface area is 120 Å². The van der Waals surface area contributed by atoms with E-state index in [-0.39, 0.29) is 24.5 Å². The molecule has 0 radical (unpaired) electrons. The summed E-state index contributed by atoms with van der Waals surface area (Å²) in [6.45, 7) is 0.680. The summed E-state index contributed by atoms with van der Waals surface area (Å²) in [5.74, 6) is 2.73. The summed E-state index contributed by atoms with van der Waals surface area (Å²) in [7, 11) is 2.04. The van der Waals surface area contributed by atoms with Crippen molar-refractivity contribution in [1.29, 1.82) is 0 Å². The molecule has 3 atom stereocenters. The zero-order valence-electron chi connectivity index (χ0n) is 11.8. The van der Waals surface area contributed by atoms with Crippen molar-refractivity contribution < 1.29 is 9.90 Å². The molecule has 0 aromatic heterocycles. The van der Waals surface area contributed by atoms with Gasteiger partial charge in [0.2, 0.25) is 5.91 Å². The van der Waals surface area contributed by atoms with Gasteiger partial charge < -0.3 is 10.4 Å². The summed E-state index contributed by atoms with van der Waals surface area (Å²) < 4.78 is 0. The number of aliphatic hydroxyl groups is 1. The van der Waals surface area contributed by atoms with Crippen LogP contribution in [0.1, 0.15) is 32.1 Å². The molecule has 5 heteroatoms. The number of hydrogen-bond acceptors (Lipinski definition) is 4. The zero-order valence-corrected chi connectivity index (χ0v) is 12.6. The number of amides is 1. The lowest BCUT2D eigenvalue weighted by molar-refractivity contribution is -0.123. The van der Waals surface area contributed by atoms with Crippen LogP contribution >= 0.6 is 11.8 Å². The molecule has 1 aliphatic heterocycles. The summed E-state index contributed by atoms with van der Waals surface area (Å²) in [5, 5.41) is 12.5. The van der Waals surface area contributed by atoms with Crippen molar-refractivity contribution in [3.8, 4) is 0 Å². The number of thioether (sulfide) groups is 1. The van der Waals surface area contributed by atoms with Gasteiger partial charge in [-0.2, -0.15) is 11.8 Å². The quantitative estimate of drug-likeness (QED) is 0.794. The van der Waals surface area contributed by atoms with Crippen LogP contribution in [0.2, 0.25) is 0 Å². The lowest BCUT2D eigenvalue weighted by Crippen LogP contribution is -2.48. The second kappa shape index (κ2) is 7.50. The Morgan fingerprint density at radius 1 is 1.37 bits per heavy atom. The lowest BCUT2D eigenvalue weighted by atomic mass is 9.85. The highest BCUT2D eigenvalue weighted by Gasteiger charge is 2.27. The third-order valence-corrected chi connectivity index (χ3v) is 5.56. The van der Waals surface area contributed by atoms with Gasteiger partial charge in [0.1, 0.15) is 0 Å². The molecular formula is C14H26N2O2S. The highest BCUT2D eigenvalue weighted by Crippen LogP contribution is 2.24. The van der Waals surface area contributed by atoms with E-state index in [0.717, 1.165) is 25.0 Å². The number of hydrogen-bond donors (Lipinski definition) is 2. The smallest absolute Gasteiger partial charge is 0.234 e. The molecule has 1 amide bonds. The van der Waals surface area contributed by atoms with Crippen LogP contribution in [0.4, 0.5) is 0 Å². The minimum atomic E-state index is 0.116. The summed E-state index contributed by atoms with van der Waals surface area (Å²) in [6, 6.07) is 0.730. The van der Waals surface area contributed by atoms with E-state index in [1.807, 2.05) is 18.8 Å². The molecule has 0 aromatic rings. The average molecular weight is 286 g/mol. The standard InChI is InChI=1S/C14H26N2O2S/c1-16(12-6-7-19-10-12)8-14(18)15-13-5-3-2-4-11(13)9-17/h11-13,17H,2-10H2,1H3,(H,15,18). The van der Waals surface area contributed by atoms with Gasteiger partial charge in [0.05, 0.1) is 6.54 Å². The Morgan fingerprint density at radius 2 is 2.16 bits per heavy atom. The van der Waals surface area contributed by atoms with Gasteiger partial charge in [0.25, 0.3) is 0 Å². The van der Waals surface area contributed by atoms with Gasteiger partial charge in [-0.3, -0.25) is 9.69 Å². The van der Waals surface area contributed by atoms with Crippen LogP contribution in [0.5, 0.6) is 0 Å². The molecule has 1 aliphatic carbocycles. The van der Waals surface area contributed by atoms with E-state index in [2.05, 4.69) is 10.2 Å². The van der Waals surface area contributed by atoms with Gasteiger partial charge in [-0.1, -0.05) is 12.8 Å². The molecule has 110 valence electrons. The molecule has 2 aliphatic rings. The molecule has 0 bridgehead atoms. The van der Waals surface area contributed by atoms with E-state index in [4.69, 9.17) is 0 Å². The maximum atomic E-state index is 12.1. The first-order valence-electron chi connectivity index (χ1n) is 7.39. The Balaban J connectivity index is 1.76. The molecule has 2 N–H and O–H groups in total. The monoisotopic (exact) mass is 286 g/mol. The van der Waals surface area contributed by atoms with Gasteiger partial charge in [0, 0.05) is 30.4 Å². The number of nitrogens with zero attached hydrogens (tertiary/aromatic N) is 1. The summed E-state index contributed by atoms with van der Waals surface area (Å²) in [6.07, 6.45) is 5.58. The molecule has 19 heavy (non-hydrogen) atoms. The number of likely N-dealkylation sites (N-methyl/N-ethyl adjacent to an activating group) is 1. The van der Waals surface area contributed by atoms with Crippen LogP contribution in [0.15, 0.2) is 0 Å². The second-order valence-corrected chi connectivity index (χ2v) is 6.98. The first-order valence-corrected chi connectivity index (χ1v) is 8.54. The first-order chi connectivity index (χ1) is 9.20. The molecule has 1 saturated carbocycles. The lowest BCUT2D eigenvalue weighted by Gasteiger charge is -2.32. The van der Waals surface area contributed by atoms with E-state index in [9.17, 15) is 9.90 Å². The number of carbonyl (C=O) groups is 1. The Bertz CT molecular complexity index is 295. The van der Waals surface area contributed by atoms with Crippen molar-refractivity contribution in [3.63, 3.8) is 0 Å². The molecule has 0 spiro atoms. The number of carbonyl (C=O) groups excluding carboxylic acids is 1. The molecule has 3 unspecified atom stereocenters. The fourth-order valence-corrected chi connectivity index (χ4v) is 4.39. The molecule has 0 aromatic carbocycles. The molecule has 2 fully saturated rings. The van der Waals surface area contributed by atoms with Crippen molar-refractivity contribution in [2.75, 3.05) is 31.7 Å². The number of aliphatic hydroxyl groups excluding tert-OH is 1. The van der Waals surface area contributed by atoms with Gasteiger partial charge >= 0.3 is 0 Å². The van der Waals surface area contributed by atoms with E-state index in [0.29, 0.717) is 12.6 Å². The number of rotatable bonds is 5. The van der Waals surface area contributed by atoms with Crippen molar-refractivity contribution in [2.24, 2.45) is 5.92 Å². The van der Waals surface area contributed by atoms with Crippen LogP contribution in [0.25, 0.3) is 0 Å². The van der Waals surface area contributed by atoms with Gasteiger partial charge in [-0.15, -0.1) is 0 Å². The number of nitrogens with one attached hydrogen (secondary N) is 1. The predicted octanol–water partition coefficient (Wildman–Crippen LogP) is 1.09. The highest BCUT2D eigenvalue weighted by molar-refractivity contribution is 7.99. The molecule has 2 rings (SSSR count). The van der Waals surface area contributed by atoms with Gasteiger partial charge in [-0.25, -0.2) is 0 Å². The molecule has 4 nitrogen and oxygen atoms in total. The molecule has 1 heterocycles. The van der Waals surface area contributed by atoms with Crippen LogP contribution in [0, 0.1) is 5.92 Å². The maximum Gasteiger partial charge on any atom is 0.234 e. The van der Waals surface area contributed by atoms with Crippen LogP contribution in [-0.4, -0.2) is 59.7 Å². The van der Waals surface area contributed by atoms with E-state index >= 15 is 0 Å². The molecule has 1 saturated heterocycles. The SMILES string of the molecule is CN(CC(=O)NC1CCCCC1CO)C1CCSC1. The van der Waals surface area contributed by atoms with Crippen LogP contribution in [0.3, 0.4) is 0 Å². The average Bonchev–Trinajstić information content (AvgIpc) is 2.93. The fraction of sp³-hybridized carbons (Fsp3) is 0.929. The Hall–Kier alpha value is -0.260. The maximum absolute atomic E-state index is 12.1. The van der Waals surface area contributed by atoms with Crippen LogP contribution in [-0.2, 0) is 4.79 Å². The van der Waals surface area contributed by atoms with Gasteiger partial charge in [-0.05, 0) is 32.1 Å². The van der Waals surface area contributed by atoms with Crippen molar-refractivity contribution in [1.82, 2.24) is 10.2 Å². The third-order valence-electron chi connectivity index (χ3n) is 4.41. The highest BCUT2D eigenvalue weighted by atomic mass is 32.2. The summed E-state index contributed by atoms with van der Waals surface area (Å²) in [4.78, 5) is 14.3. The largest absolute Gasteiger partial charge is 0.396 e. The van der Waals surface area contributed by atoms with Crippen LogP contribution < -0.4 is 5.32 Å². The Morgan fingerprint density at radius 3 is 2.84 bits per heavy atom. The van der Waals surface area contributed by atoms with E-state index in [1.54, 1.807) is 0 Å². The van der Waals surface area contributed by atoms with E-state index in [1.165, 1.54) is 18.6 Å². The third kappa shape index (κ3) is 4.36. The normalized spacial score (nSPS) is 31.6. The first kappa shape index (κ1) is 15.1. The topological polar surface area (TPSA) is 52.6 Å².